The summed E-state index contributed by atoms with van der Waals surface area (Å²) in [6.45, 7) is 10.3. The molecule has 2 atom stereocenters. The third-order valence-corrected chi connectivity index (χ3v) is 1.31. The minimum Gasteiger partial charge on any atom is -0.386 e. The van der Waals surface area contributed by atoms with Gasteiger partial charge in [0, 0.05) is 0 Å². The predicted molar refractivity (Wildman–Crippen MR) is 41.6 cm³/mol. The average Bonchev–Trinajstić information content (AvgIpc) is 1.84. The Hall–Kier alpha value is -0.600. The van der Waals surface area contributed by atoms with Gasteiger partial charge in [0.2, 0.25) is 0 Å². The molecule has 0 fully saturated rings. The molecule has 0 heterocycles. The Kier molecular flexibility index (Phi) is 3.33. The summed E-state index contributed by atoms with van der Waals surface area (Å²) >= 11 is 0. The molecule has 0 aromatic heterocycles. The Morgan fingerprint density at radius 3 is 1.30 bits per heavy atom. The largest absolute Gasteiger partial charge is 0.386 e. The van der Waals surface area contributed by atoms with Gasteiger partial charge in [-0.05, 0) is 25.0 Å². The Labute approximate surface area is 61.5 Å². The first-order chi connectivity index (χ1) is 4.46. The number of hydrogen-bond donors (Lipinski definition) is 2. The van der Waals surface area contributed by atoms with E-state index in [1.165, 1.54) is 0 Å². The van der Waals surface area contributed by atoms with E-state index < -0.39 is 12.2 Å². The van der Waals surface area contributed by atoms with Crippen LogP contribution in [0.25, 0.3) is 0 Å². The topological polar surface area (TPSA) is 40.5 Å². The molecule has 58 valence electrons. The van der Waals surface area contributed by atoms with Crippen molar-refractivity contribution in [2.24, 2.45) is 0 Å². The molecule has 0 radical (unpaired) electrons. The molecule has 0 amide bonds. The van der Waals surface area contributed by atoms with Crippen LogP contribution < -0.4 is 0 Å². The van der Waals surface area contributed by atoms with Crippen LogP contribution >= 0.6 is 0 Å². The van der Waals surface area contributed by atoms with Crippen molar-refractivity contribution in [2.75, 3.05) is 0 Å². The van der Waals surface area contributed by atoms with Gasteiger partial charge in [-0.3, -0.25) is 0 Å². The maximum absolute atomic E-state index is 9.16. The van der Waals surface area contributed by atoms with E-state index in [1.807, 2.05) is 0 Å². The monoisotopic (exact) mass is 142 g/mol. The Morgan fingerprint density at radius 2 is 1.20 bits per heavy atom. The van der Waals surface area contributed by atoms with Crippen molar-refractivity contribution in [3.63, 3.8) is 0 Å². The van der Waals surface area contributed by atoms with Crippen LogP contribution in [0.5, 0.6) is 0 Å². The molecule has 0 saturated heterocycles. The van der Waals surface area contributed by atoms with E-state index in [0.29, 0.717) is 11.1 Å². The first-order valence-electron chi connectivity index (χ1n) is 3.13. The lowest BCUT2D eigenvalue weighted by Crippen LogP contribution is -2.27. The van der Waals surface area contributed by atoms with Gasteiger partial charge in [-0.25, -0.2) is 0 Å². The predicted octanol–water partition coefficient (Wildman–Crippen LogP) is 0.860. The highest BCUT2D eigenvalue weighted by molar-refractivity contribution is 5.10. The SMILES string of the molecule is C=C(C)C(O)C(O)C(=C)C. The molecule has 0 aromatic carbocycles. The van der Waals surface area contributed by atoms with Crippen LogP contribution in [-0.2, 0) is 0 Å². The fourth-order valence-corrected chi connectivity index (χ4v) is 0.539. The van der Waals surface area contributed by atoms with Crippen LogP contribution in [0.1, 0.15) is 13.8 Å². The zero-order valence-corrected chi connectivity index (χ0v) is 6.46. The highest BCUT2D eigenvalue weighted by Crippen LogP contribution is 2.09. The summed E-state index contributed by atoms with van der Waals surface area (Å²) in [4.78, 5) is 0. The van der Waals surface area contributed by atoms with Crippen molar-refractivity contribution in [1.82, 2.24) is 0 Å². The molecular weight excluding hydrogens is 128 g/mol. The zero-order valence-electron chi connectivity index (χ0n) is 6.46. The lowest BCUT2D eigenvalue weighted by Gasteiger charge is -2.17. The Balaban J connectivity index is 4.07. The summed E-state index contributed by atoms with van der Waals surface area (Å²) < 4.78 is 0. The van der Waals surface area contributed by atoms with Crippen LogP contribution in [0.3, 0.4) is 0 Å². The van der Waals surface area contributed by atoms with E-state index in [2.05, 4.69) is 13.2 Å². The summed E-state index contributed by atoms with van der Waals surface area (Å²) in [7, 11) is 0. The fraction of sp³-hybridized carbons (Fsp3) is 0.500. The van der Waals surface area contributed by atoms with Crippen molar-refractivity contribution in [2.45, 2.75) is 26.1 Å². The molecule has 10 heavy (non-hydrogen) atoms. The van der Waals surface area contributed by atoms with Crippen LogP contribution in [-0.4, -0.2) is 22.4 Å². The molecule has 0 aliphatic heterocycles. The van der Waals surface area contributed by atoms with Crippen molar-refractivity contribution >= 4 is 0 Å². The van der Waals surface area contributed by atoms with Gasteiger partial charge >= 0.3 is 0 Å². The molecule has 0 aliphatic rings. The summed E-state index contributed by atoms with van der Waals surface area (Å²) in [5.74, 6) is 0. The maximum atomic E-state index is 9.16. The van der Waals surface area contributed by atoms with Gasteiger partial charge in [-0.2, -0.15) is 0 Å². The minimum atomic E-state index is -0.877. The molecule has 2 N–H and O–H groups in total. The van der Waals surface area contributed by atoms with E-state index in [0.717, 1.165) is 0 Å². The Bertz CT molecular complexity index is 131. The fourth-order valence-electron chi connectivity index (χ4n) is 0.539. The van der Waals surface area contributed by atoms with Crippen molar-refractivity contribution in [1.29, 1.82) is 0 Å². The molecule has 0 bridgehead atoms. The molecule has 0 aromatic rings. The molecule has 0 aliphatic carbocycles. The van der Waals surface area contributed by atoms with Crippen LogP contribution in [0.4, 0.5) is 0 Å². The normalized spacial score (nSPS) is 16.0. The highest BCUT2D eigenvalue weighted by atomic mass is 16.3. The molecule has 2 nitrogen and oxygen atoms in total. The Morgan fingerprint density at radius 1 is 1.00 bits per heavy atom. The minimum absolute atomic E-state index is 0.551. The van der Waals surface area contributed by atoms with E-state index in [1.54, 1.807) is 13.8 Å². The number of rotatable bonds is 3. The summed E-state index contributed by atoms with van der Waals surface area (Å²) in [5, 5.41) is 18.3. The van der Waals surface area contributed by atoms with Crippen molar-refractivity contribution < 1.29 is 10.2 Å². The molecule has 0 rings (SSSR count). The molecule has 2 heteroatoms. The van der Waals surface area contributed by atoms with Gasteiger partial charge in [0.15, 0.2) is 0 Å². The first-order valence-corrected chi connectivity index (χ1v) is 3.13. The smallest absolute Gasteiger partial charge is 0.104 e. The van der Waals surface area contributed by atoms with Gasteiger partial charge in [0.25, 0.3) is 0 Å². The van der Waals surface area contributed by atoms with Gasteiger partial charge in [0.05, 0.1) is 0 Å². The van der Waals surface area contributed by atoms with Gasteiger partial charge in [-0.1, -0.05) is 13.2 Å². The first kappa shape index (κ1) is 9.40. The lowest BCUT2D eigenvalue weighted by atomic mass is 10.0. The average molecular weight is 142 g/mol. The zero-order chi connectivity index (χ0) is 8.31. The number of aliphatic hydroxyl groups is 2. The van der Waals surface area contributed by atoms with E-state index in [-0.39, 0.29) is 0 Å². The molecule has 2 unspecified atom stereocenters. The van der Waals surface area contributed by atoms with E-state index in [9.17, 15) is 0 Å². The van der Waals surface area contributed by atoms with Gasteiger partial charge in [-0.15, -0.1) is 0 Å². The van der Waals surface area contributed by atoms with Crippen LogP contribution in [0, 0.1) is 0 Å². The van der Waals surface area contributed by atoms with Gasteiger partial charge < -0.3 is 10.2 Å². The third-order valence-electron chi connectivity index (χ3n) is 1.31. The van der Waals surface area contributed by atoms with Gasteiger partial charge in [0.1, 0.15) is 12.2 Å². The standard InChI is InChI=1S/C8H14O2/c1-5(2)7(9)8(10)6(3)4/h7-10H,1,3H2,2,4H3. The van der Waals surface area contributed by atoms with Crippen molar-refractivity contribution in [3.8, 4) is 0 Å². The highest BCUT2D eigenvalue weighted by Gasteiger charge is 2.16. The number of hydrogen-bond acceptors (Lipinski definition) is 2. The third kappa shape index (κ3) is 2.33. The molecule has 0 spiro atoms. The quantitative estimate of drug-likeness (QED) is 0.574. The lowest BCUT2D eigenvalue weighted by molar-refractivity contribution is 0.0664. The van der Waals surface area contributed by atoms with Crippen LogP contribution in [0.15, 0.2) is 24.3 Å². The summed E-state index contributed by atoms with van der Waals surface area (Å²) in [5.41, 5.74) is 1.10. The van der Waals surface area contributed by atoms with Crippen LogP contribution in [0.2, 0.25) is 0 Å². The summed E-state index contributed by atoms with van der Waals surface area (Å²) in [6.07, 6.45) is -1.75. The van der Waals surface area contributed by atoms with E-state index >= 15 is 0 Å². The second-order valence-electron chi connectivity index (χ2n) is 2.58. The summed E-state index contributed by atoms with van der Waals surface area (Å²) in [6, 6.07) is 0. The maximum Gasteiger partial charge on any atom is 0.104 e. The van der Waals surface area contributed by atoms with E-state index in [4.69, 9.17) is 10.2 Å². The number of aliphatic hydroxyl groups excluding tert-OH is 2. The molecular formula is C8H14O2. The molecule has 0 saturated carbocycles. The second kappa shape index (κ2) is 3.54. The van der Waals surface area contributed by atoms with Crippen molar-refractivity contribution in [3.05, 3.63) is 24.3 Å². The second-order valence-corrected chi connectivity index (χ2v) is 2.58.